The lowest BCUT2D eigenvalue weighted by molar-refractivity contribution is -0.161. The second-order valence-electron chi connectivity index (χ2n) is 5.78. The van der Waals surface area contributed by atoms with Crippen LogP contribution in [0.5, 0.6) is 0 Å². The summed E-state index contributed by atoms with van der Waals surface area (Å²) in [4.78, 5) is 26.8. The highest BCUT2D eigenvalue weighted by molar-refractivity contribution is 8.02. The van der Waals surface area contributed by atoms with Crippen LogP contribution in [0.2, 0.25) is 0 Å². The molecule has 9 heteroatoms. The van der Waals surface area contributed by atoms with Gasteiger partial charge in [-0.3, -0.25) is 4.79 Å². The fraction of sp³-hybridized carbons (Fsp3) is 0.571. The summed E-state index contributed by atoms with van der Waals surface area (Å²) in [7, 11) is -0.259. The number of nitrogens with zero attached hydrogens (tertiary/aromatic N) is 3. The van der Waals surface area contributed by atoms with Crippen LogP contribution >= 0.6 is 22.4 Å². The van der Waals surface area contributed by atoms with Crippen LogP contribution in [-0.4, -0.2) is 48.7 Å². The Hall–Kier alpha value is -1.45. The molecule has 0 saturated carbocycles. The fourth-order valence-corrected chi connectivity index (χ4v) is 5.94. The zero-order valence-corrected chi connectivity index (χ0v) is 14.6. The summed E-state index contributed by atoms with van der Waals surface area (Å²) in [5.74, 6) is -1.26. The van der Waals surface area contributed by atoms with E-state index in [0.29, 0.717) is 17.1 Å². The Balaban J connectivity index is 1.81. The minimum atomic E-state index is -1.09. The first kappa shape index (κ1) is 16.4. The van der Waals surface area contributed by atoms with Crippen molar-refractivity contribution in [1.82, 2.24) is 14.5 Å². The zero-order valence-electron chi connectivity index (χ0n) is 13.0. The van der Waals surface area contributed by atoms with E-state index in [2.05, 4.69) is 9.59 Å². The second-order valence-corrected chi connectivity index (χ2v) is 8.46. The van der Waals surface area contributed by atoms with Gasteiger partial charge < -0.3 is 15.1 Å². The summed E-state index contributed by atoms with van der Waals surface area (Å²) >= 11 is 1.44. The van der Waals surface area contributed by atoms with Gasteiger partial charge in [-0.1, -0.05) is 0 Å². The van der Waals surface area contributed by atoms with Gasteiger partial charge in [0.05, 0.1) is 28.3 Å². The maximum Gasteiger partial charge on any atom is 0.353 e. The van der Waals surface area contributed by atoms with E-state index in [9.17, 15) is 19.8 Å². The van der Waals surface area contributed by atoms with E-state index in [-0.39, 0.29) is 28.3 Å². The van der Waals surface area contributed by atoms with Crippen LogP contribution in [0.3, 0.4) is 0 Å². The predicted octanol–water partition coefficient (Wildman–Crippen LogP) is 1.21. The number of aliphatic hydroxyl groups is 1. The molecule has 1 saturated heterocycles. The molecule has 2 aliphatic rings. The maximum atomic E-state index is 12.1. The van der Waals surface area contributed by atoms with Crippen LogP contribution in [0.1, 0.15) is 23.9 Å². The van der Waals surface area contributed by atoms with Crippen molar-refractivity contribution in [2.45, 2.75) is 38.2 Å². The first-order chi connectivity index (χ1) is 10.8. The summed E-state index contributed by atoms with van der Waals surface area (Å²) in [6.45, 7) is 3.47. The van der Waals surface area contributed by atoms with Crippen LogP contribution in [0.25, 0.3) is 0 Å². The number of carbonyl (C=O) groups excluding carboxylic acids is 1. The molecule has 1 amide bonds. The molecule has 4 unspecified atom stereocenters. The van der Waals surface area contributed by atoms with Gasteiger partial charge in [-0.2, -0.15) is 0 Å². The standard InChI is InChI=1S/C14H17N3O4S2/c1-6-10(23(3)16-15-6)5-22-9-4-8-11(7(2)18)13(19)17(8)12(9)14(20)21/h7-8,11,18H,4-5H2,1-3H3/p+1. The third-order valence-corrected chi connectivity index (χ3v) is 7.15. The van der Waals surface area contributed by atoms with Gasteiger partial charge in [0.15, 0.2) is 0 Å². The number of carbonyl (C=O) groups is 2. The summed E-state index contributed by atoms with van der Waals surface area (Å²) in [5, 5.41) is 23.3. The first-order valence-electron chi connectivity index (χ1n) is 7.20. The Morgan fingerprint density at radius 1 is 1.57 bits per heavy atom. The van der Waals surface area contributed by atoms with Gasteiger partial charge in [0.25, 0.3) is 0 Å². The predicted molar refractivity (Wildman–Crippen MR) is 86.6 cm³/mol. The monoisotopic (exact) mass is 356 g/mol. The number of thioether (sulfide) groups is 1. The van der Waals surface area contributed by atoms with Crippen LogP contribution in [-0.2, 0) is 21.6 Å². The lowest BCUT2D eigenvalue weighted by atomic mass is 9.83. The number of aliphatic hydroxyl groups excluding tert-OH is 1. The van der Waals surface area contributed by atoms with E-state index in [1.54, 1.807) is 6.92 Å². The average molecular weight is 356 g/mol. The van der Waals surface area contributed by atoms with Crippen molar-refractivity contribution in [3.8, 4) is 0 Å². The van der Waals surface area contributed by atoms with E-state index in [1.807, 2.05) is 13.2 Å². The van der Waals surface area contributed by atoms with Gasteiger partial charge in [-0.05, 0) is 13.8 Å². The Labute approximate surface area is 140 Å². The smallest absolute Gasteiger partial charge is 0.353 e. The molecule has 0 aromatic carbocycles. The molecule has 1 aromatic rings. The van der Waals surface area contributed by atoms with Crippen molar-refractivity contribution < 1.29 is 19.8 Å². The van der Waals surface area contributed by atoms with E-state index in [0.717, 1.165) is 10.6 Å². The number of aryl methyl sites for hydroxylation is 2. The molecule has 124 valence electrons. The van der Waals surface area contributed by atoms with Crippen LogP contribution in [0, 0.1) is 12.8 Å². The molecular formula is C14H18N3O4S2+. The molecule has 2 N–H and O–H groups in total. The van der Waals surface area contributed by atoms with Gasteiger partial charge in [0.2, 0.25) is 10.8 Å². The van der Waals surface area contributed by atoms with E-state index in [4.69, 9.17) is 0 Å². The normalized spacial score (nSPS) is 25.5. The van der Waals surface area contributed by atoms with Gasteiger partial charge in [0.1, 0.15) is 28.3 Å². The van der Waals surface area contributed by atoms with Gasteiger partial charge >= 0.3 is 5.97 Å². The topological polar surface area (TPSA) is 104 Å². The molecule has 0 radical (unpaired) electrons. The lowest BCUT2D eigenvalue weighted by Crippen LogP contribution is -2.61. The highest BCUT2D eigenvalue weighted by atomic mass is 32.2. The SMILES string of the molecule is Cc1nn[s+](C)c1CSC1=C(C(=O)O)N2C(=O)C(C(C)O)C2C1. The van der Waals surface area contributed by atoms with E-state index >= 15 is 0 Å². The molecule has 23 heavy (non-hydrogen) atoms. The van der Waals surface area contributed by atoms with E-state index < -0.39 is 18.0 Å². The molecule has 0 spiro atoms. The average Bonchev–Trinajstić information content (AvgIpc) is 2.95. The molecular weight excluding hydrogens is 338 g/mol. The van der Waals surface area contributed by atoms with Crippen molar-refractivity contribution in [2.24, 2.45) is 12.2 Å². The molecule has 1 fully saturated rings. The quantitative estimate of drug-likeness (QED) is 0.604. The van der Waals surface area contributed by atoms with Crippen molar-refractivity contribution in [1.29, 1.82) is 0 Å². The lowest BCUT2D eigenvalue weighted by Gasteiger charge is -2.44. The third-order valence-electron chi connectivity index (χ3n) is 4.34. The van der Waals surface area contributed by atoms with Crippen LogP contribution in [0.4, 0.5) is 0 Å². The molecule has 2 aliphatic heterocycles. The third kappa shape index (κ3) is 2.56. The minimum Gasteiger partial charge on any atom is -0.477 e. The molecule has 3 heterocycles. The molecule has 1 aromatic heterocycles. The number of fused-ring (bicyclic) bond motifs is 1. The number of hydrogen-bond donors (Lipinski definition) is 2. The number of aliphatic carboxylic acids is 1. The fourth-order valence-electron chi connectivity index (χ4n) is 3.14. The Kier molecular flexibility index (Phi) is 4.19. The molecule has 7 nitrogen and oxygen atoms in total. The van der Waals surface area contributed by atoms with E-state index in [1.165, 1.54) is 16.7 Å². The number of rotatable bonds is 5. The highest BCUT2D eigenvalue weighted by Gasteiger charge is 2.56. The van der Waals surface area contributed by atoms with Crippen molar-refractivity contribution in [3.05, 3.63) is 21.2 Å². The summed E-state index contributed by atoms with van der Waals surface area (Å²) < 4.78 is 4.12. The minimum absolute atomic E-state index is 0.0722. The Morgan fingerprint density at radius 2 is 2.26 bits per heavy atom. The second kappa shape index (κ2) is 5.88. The summed E-state index contributed by atoms with van der Waals surface area (Å²) in [6.07, 6.45) is 1.71. The van der Waals surface area contributed by atoms with Crippen molar-refractivity contribution in [2.75, 3.05) is 0 Å². The zero-order chi connectivity index (χ0) is 16.9. The molecule has 0 aliphatic carbocycles. The van der Waals surface area contributed by atoms with Crippen LogP contribution in [0.15, 0.2) is 10.6 Å². The highest BCUT2D eigenvalue weighted by Crippen LogP contribution is 2.48. The number of carboxylic acids is 1. The summed E-state index contributed by atoms with van der Waals surface area (Å²) in [5.41, 5.74) is 0.961. The van der Waals surface area contributed by atoms with Gasteiger partial charge in [0, 0.05) is 11.3 Å². The van der Waals surface area contributed by atoms with Crippen LogP contribution < -0.4 is 0 Å². The van der Waals surface area contributed by atoms with Gasteiger partial charge in [-0.25, -0.2) is 4.79 Å². The number of carboxylic acid groups (broad SMARTS) is 1. The van der Waals surface area contributed by atoms with Crippen molar-refractivity contribution >= 4 is 34.3 Å². The first-order valence-corrected chi connectivity index (χ1v) is 9.78. The Morgan fingerprint density at radius 3 is 2.78 bits per heavy atom. The largest absolute Gasteiger partial charge is 0.477 e. The number of hydrogen-bond acceptors (Lipinski definition) is 6. The molecule has 0 bridgehead atoms. The van der Waals surface area contributed by atoms with Gasteiger partial charge in [-0.15, -0.1) is 16.9 Å². The number of amides is 1. The summed E-state index contributed by atoms with van der Waals surface area (Å²) in [6, 6.07) is -0.232. The number of β-lactam (4-membered cyclic amide) rings is 1. The molecule has 3 rings (SSSR count). The maximum absolute atomic E-state index is 12.1. The molecule has 4 atom stereocenters. The number of aromatic nitrogens is 2. The van der Waals surface area contributed by atoms with Crippen molar-refractivity contribution in [3.63, 3.8) is 0 Å². The Bertz CT molecular complexity index is 693.